The maximum Gasteiger partial charge on any atom is 0.0225 e. The highest BCUT2D eigenvalue weighted by molar-refractivity contribution is 4.86. The van der Waals surface area contributed by atoms with Gasteiger partial charge in [0, 0.05) is 18.6 Å². The molecule has 1 aliphatic carbocycles. The average molecular weight is 210 g/mol. The van der Waals surface area contributed by atoms with Crippen LogP contribution < -0.4 is 0 Å². The van der Waals surface area contributed by atoms with E-state index in [0.717, 1.165) is 12.1 Å². The van der Waals surface area contributed by atoms with Crippen LogP contribution in [0.15, 0.2) is 0 Å². The molecular formula is C13H26N2. The molecule has 0 unspecified atom stereocenters. The molecule has 1 saturated heterocycles. The second-order valence-corrected chi connectivity index (χ2v) is 5.59. The van der Waals surface area contributed by atoms with E-state index in [1.165, 1.54) is 58.0 Å². The lowest BCUT2D eigenvalue weighted by atomic mass is 9.98. The Balaban J connectivity index is 1.92. The first kappa shape index (κ1) is 11.4. The Morgan fingerprint density at radius 1 is 1.00 bits per heavy atom. The van der Waals surface area contributed by atoms with Crippen LogP contribution in [-0.2, 0) is 0 Å². The normalized spacial score (nSPS) is 30.2. The highest BCUT2D eigenvalue weighted by Crippen LogP contribution is 2.29. The molecule has 88 valence electrons. The van der Waals surface area contributed by atoms with E-state index in [9.17, 15) is 0 Å². The van der Waals surface area contributed by atoms with E-state index in [1.54, 1.807) is 0 Å². The number of likely N-dealkylation sites (tertiary alicyclic amines) is 1. The molecule has 2 aliphatic rings. The van der Waals surface area contributed by atoms with Crippen LogP contribution in [0.5, 0.6) is 0 Å². The Morgan fingerprint density at radius 2 is 1.67 bits per heavy atom. The summed E-state index contributed by atoms with van der Waals surface area (Å²) < 4.78 is 0. The van der Waals surface area contributed by atoms with Crippen molar-refractivity contribution >= 4 is 0 Å². The molecule has 2 fully saturated rings. The van der Waals surface area contributed by atoms with Crippen LogP contribution in [0.3, 0.4) is 0 Å². The van der Waals surface area contributed by atoms with Crippen LogP contribution in [-0.4, -0.2) is 49.1 Å². The summed E-state index contributed by atoms with van der Waals surface area (Å²) in [6.07, 6.45) is 10.2. The standard InChI is InChI=1S/C13H26N2/c1-14(2)11-13-9-5-6-10-15(13)12-7-3-4-8-12/h12-13H,3-11H2,1-2H3/t13-/m0/s1. The summed E-state index contributed by atoms with van der Waals surface area (Å²) in [4.78, 5) is 5.19. The molecular weight excluding hydrogens is 184 g/mol. The fourth-order valence-electron chi connectivity index (χ4n) is 3.36. The Labute approximate surface area is 94.6 Å². The van der Waals surface area contributed by atoms with Crippen molar-refractivity contribution in [3.05, 3.63) is 0 Å². The van der Waals surface area contributed by atoms with Crippen molar-refractivity contribution in [2.45, 2.75) is 57.0 Å². The van der Waals surface area contributed by atoms with Crippen molar-refractivity contribution < 1.29 is 0 Å². The van der Waals surface area contributed by atoms with Gasteiger partial charge in [0.1, 0.15) is 0 Å². The third kappa shape index (κ3) is 2.94. The molecule has 0 aromatic carbocycles. The summed E-state index contributed by atoms with van der Waals surface area (Å²) in [6.45, 7) is 2.62. The van der Waals surface area contributed by atoms with Gasteiger partial charge in [-0.3, -0.25) is 4.90 Å². The first-order valence-electron chi connectivity index (χ1n) is 6.68. The maximum atomic E-state index is 2.83. The van der Waals surface area contributed by atoms with Crippen molar-refractivity contribution in [2.75, 3.05) is 27.2 Å². The minimum absolute atomic E-state index is 0.844. The van der Waals surface area contributed by atoms with Gasteiger partial charge >= 0.3 is 0 Å². The topological polar surface area (TPSA) is 6.48 Å². The van der Waals surface area contributed by atoms with Crippen LogP contribution in [0.2, 0.25) is 0 Å². The molecule has 0 aromatic rings. The third-order valence-corrected chi connectivity index (χ3v) is 4.04. The van der Waals surface area contributed by atoms with Crippen LogP contribution in [0.25, 0.3) is 0 Å². The molecule has 2 nitrogen and oxygen atoms in total. The van der Waals surface area contributed by atoms with E-state index in [0.29, 0.717) is 0 Å². The molecule has 15 heavy (non-hydrogen) atoms. The van der Waals surface area contributed by atoms with E-state index in [4.69, 9.17) is 0 Å². The zero-order chi connectivity index (χ0) is 10.7. The number of hydrogen-bond acceptors (Lipinski definition) is 2. The zero-order valence-electron chi connectivity index (χ0n) is 10.4. The van der Waals surface area contributed by atoms with Gasteiger partial charge in [-0.1, -0.05) is 19.3 Å². The van der Waals surface area contributed by atoms with Crippen molar-refractivity contribution in [1.29, 1.82) is 0 Å². The van der Waals surface area contributed by atoms with Gasteiger partial charge in [0.25, 0.3) is 0 Å². The second kappa shape index (κ2) is 5.31. The van der Waals surface area contributed by atoms with Gasteiger partial charge in [-0.15, -0.1) is 0 Å². The predicted octanol–water partition coefficient (Wildman–Crippen LogP) is 2.35. The smallest absolute Gasteiger partial charge is 0.0225 e. The molecule has 1 atom stereocenters. The molecule has 0 amide bonds. The van der Waals surface area contributed by atoms with Gasteiger partial charge in [0.2, 0.25) is 0 Å². The molecule has 0 aromatic heterocycles. The molecule has 0 bridgehead atoms. The van der Waals surface area contributed by atoms with Crippen molar-refractivity contribution in [1.82, 2.24) is 9.80 Å². The Morgan fingerprint density at radius 3 is 2.33 bits per heavy atom. The summed E-state index contributed by atoms with van der Waals surface area (Å²) in [5.41, 5.74) is 0. The van der Waals surface area contributed by atoms with Crippen LogP contribution in [0, 0.1) is 0 Å². The summed E-state index contributed by atoms with van der Waals surface area (Å²) in [7, 11) is 4.42. The largest absolute Gasteiger partial charge is 0.308 e. The lowest BCUT2D eigenvalue weighted by molar-refractivity contribution is 0.0786. The van der Waals surface area contributed by atoms with E-state index < -0.39 is 0 Å². The van der Waals surface area contributed by atoms with Crippen molar-refractivity contribution in [2.24, 2.45) is 0 Å². The quantitative estimate of drug-likeness (QED) is 0.705. The number of rotatable bonds is 3. The molecule has 1 saturated carbocycles. The van der Waals surface area contributed by atoms with E-state index in [1.807, 2.05) is 0 Å². The average Bonchev–Trinajstić information content (AvgIpc) is 2.70. The first-order chi connectivity index (χ1) is 7.27. The molecule has 0 spiro atoms. The lowest BCUT2D eigenvalue weighted by Gasteiger charge is -2.41. The van der Waals surface area contributed by atoms with Gasteiger partial charge in [0.15, 0.2) is 0 Å². The minimum Gasteiger partial charge on any atom is -0.308 e. The van der Waals surface area contributed by atoms with E-state index >= 15 is 0 Å². The van der Waals surface area contributed by atoms with Gasteiger partial charge in [-0.2, -0.15) is 0 Å². The highest BCUT2D eigenvalue weighted by Gasteiger charge is 2.30. The molecule has 0 radical (unpaired) electrons. The van der Waals surface area contributed by atoms with Crippen LogP contribution in [0.4, 0.5) is 0 Å². The lowest BCUT2D eigenvalue weighted by Crippen LogP contribution is -2.49. The summed E-state index contributed by atoms with van der Waals surface area (Å²) in [5.74, 6) is 0. The molecule has 2 heteroatoms. The number of piperidine rings is 1. The Hall–Kier alpha value is -0.0800. The highest BCUT2D eigenvalue weighted by atomic mass is 15.2. The fraction of sp³-hybridized carbons (Fsp3) is 1.00. The SMILES string of the molecule is CN(C)C[C@@H]1CCCCN1C1CCCC1. The van der Waals surface area contributed by atoms with Gasteiger partial charge in [0.05, 0.1) is 0 Å². The van der Waals surface area contributed by atoms with Crippen LogP contribution in [0.1, 0.15) is 44.9 Å². The fourth-order valence-corrected chi connectivity index (χ4v) is 3.36. The summed E-state index contributed by atoms with van der Waals surface area (Å²) in [6, 6.07) is 1.77. The summed E-state index contributed by atoms with van der Waals surface area (Å²) >= 11 is 0. The monoisotopic (exact) mass is 210 g/mol. The minimum atomic E-state index is 0.844. The van der Waals surface area contributed by atoms with E-state index in [-0.39, 0.29) is 0 Å². The van der Waals surface area contributed by atoms with Crippen molar-refractivity contribution in [3.63, 3.8) is 0 Å². The number of likely N-dealkylation sites (N-methyl/N-ethyl adjacent to an activating group) is 1. The molecule has 1 heterocycles. The Kier molecular flexibility index (Phi) is 4.04. The zero-order valence-corrected chi connectivity index (χ0v) is 10.4. The second-order valence-electron chi connectivity index (χ2n) is 5.59. The van der Waals surface area contributed by atoms with E-state index in [2.05, 4.69) is 23.9 Å². The first-order valence-corrected chi connectivity index (χ1v) is 6.68. The third-order valence-electron chi connectivity index (χ3n) is 4.04. The van der Waals surface area contributed by atoms with Gasteiger partial charge in [-0.25, -0.2) is 0 Å². The molecule has 0 N–H and O–H groups in total. The molecule has 1 aliphatic heterocycles. The Bertz CT molecular complexity index is 185. The van der Waals surface area contributed by atoms with Gasteiger partial charge in [-0.05, 0) is 46.3 Å². The number of hydrogen-bond donors (Lipinski definition) is 0. The molecule has 2 rings (SSSR count). The summed E-state index contributed by atoms with van der Waals surface area (Å²) in [5, 5.41) is 0. The van der Waals surface area contributed by atoms with Crippen LogP contribution >= 0.6 is 0 Å². The van der Waals surface area contributed by atoms with Crippen molar-refractivity contribution in [3.8, 4) is 0 Å². The van der Waals surface area contributed by atoms with Gasteiger partial charge < -0.3 is 4.90 Å². The number of nitrogens with zero attached hydrogens (tertiary/aromatic N) is 2. The maximum absolute atomic E-state index is 2.83. The predicted molar refractivity (Wildman–Crippen MR) is 65.2 cm³/mol.